The standard InChI is InChI=1S/C28H35ClN4O5S/c1-2-37-27(34)32-15-17-33(18-16-32)39(35,36)31-14-19-38-24-9-4-21-10-13-30-26(25(21)20-24)28(11-3-12-28)22-5-7-23(29)8-6-22/h4-9,20,31H,2-3,10-19H2,1H3. The molecule has 5 rings (SSSR count). The predicted molar refractivity (Wildman–Crippen MR) is 151 cm³/mol. The minimum Gasteiger partial charge on any atom is -0.492 e. The second-order valence-electron chi connectivity index (χ2n) is 10.1. The largest absolute Gasteiger partial charge is 0.492 e. The van der Waals surface area contributed by atoms with Crippen LogP contribution in [-0.2, 0) is 26.8 Å². The summed E-state index contributed by atoms with van der Waals surface area (Å²) in [7, 11) is -3.68. The van der Waals surface area contributed by atoms with Gasteiger partial charge in [-0.25, -0.2) is 4.79 Å². The van der Waals surface area contributed by atoms with E-state index < -0.39 is 16.3 Å². The Balaban J connectivity index is 1.19. The molecule has 11 heteroatoms. The van der Waals surface area contributed by atoms with Crippen molar-refractivity contribution in [3.05, 3.63) is 64.2 Å². The van der Waals surface area contributed by atoms with Gasteiger partial charge in [-0.05, 0) is 61.6 Å². The fourth-order valence-electron chi connectivity index (χ4n) is 5.58. The van der Waals surface area contributed by atoms with E-state index in [1.165, 1.54) is 20.3 Å². The summed E-state index contributed by atoms with van der Waals surface area (Å²) in [5.41, 5.74) is 4.63. The van der Waals surface area contributed by atoms with Crippen LogP contribution in [0.1, 0.15) is 42.9 Å². The highest BCUT2D eigenvalue weighted by Crippen LogP contribution is 2.48. The Hall–Kier alpha value is -2.66. The van der Waals surface area contributed by atoms with E-state index in [0.717, 1.165) is 48.5 Å². The van der Waals surface area contributed by atoms with Crippen LogP contribution in [0.3, 0.4) is 0 Å². The molecule has 2 heterocycles. The SMILES string of the molecule is CCOC(=O)N1CCN(S(=O)(=O)NCCOc2ccc3c(c2)C(C2(c4ccc(Cl)cc4)CCC2)=NCC3)CC1. The number of hydrogen-bond donors (Lipinski definition) is 1. The molecular weight excluding hydrogens is 540 g/mol. The van der Waals surface area contributed by atoms with E-state index in [4.69, 9.17) is 26.1 Å². The average Bonchev–Trinajstić information content (AvgIpc) is 2.92. The van der Waals surface area contributed by atoms with E-state index in [1.54, 1.807) is 6.92 Å². The second kappa shape index (κ2) is 11.8. The summed E-state index contributed by atoms with van der Waals surface area (Å²) in [6.45, 7) is 4.17. The fraction of sp³-hybridized carbons (Fsp3) is 0.500. The number of amides is 1. The number of fused-ring (bicyclic) bond motifs is 1. The third-order valence-electron chi connectivity index (χ3n) is 7.80. The molecule has 1 N–H and O–H groups in total. The fourth-order valence-corrected chi connectivity index (χ4v) is 6.88. The van der Waals surface area contributed by atoms with Gasteiger partial charge in [-0.15, -0.1) is 0 Å². The van der Waals surface area contributed by atoms with Crippen LogP contribution in [0.25, 0.3) is 0 Å². The highest BCUT2D eigenvalue weighted by atomic mass is 35.5. The van der Waals surface area contributed by atoms with Gasteiger partial charge in [-0.1, -0.05) is 36.2 Å². The zero-order valence-electron chi connectivity index (χ0n) is 22.2. The molecule has 210 valence electrons. The summed E-state index contributed by atoms with van der Waals surface area (Å²) in [4.78, 5) is 18.4. The zero-order chi connectivity index (χ0) is 27.5. The van der Waals surface area contributed by atoms with Crippen molar-refractivity contribution in [2.24, 2.45) is 4.99 Å². The summed E-state index contributed by atoms with van der Waals surface area (Å²) in [5, 5.41) is 0.726. The Bertz CT molecular complexity index is 1320. The molecule has 2 aromatic rings. The summed E-state index contributed by atoms with van der Waals surface area (Å²) >= 11 is 6.16. The summed E-state index contributed by atoms with van der Waals surface area (Å²) < 4.78 is 40.4. The lowest BCUT2D eigenvalue weighted by molar-refractivity contribution is 0.0932. The lowest BCUT2D eigenvalue weighted by Gasteiger charge is -2.45. The highest BCUT2D eigenvalue weighted by molar-refractivity contribution is 7.87. The Morgan fingerprint density at radius 3 is 2.51 bits per heavy atom. The van der Waals surface area contributed by atoms with Crippen LogP contribution in [0.15, 0.2) is 47.5 Å². The van der Waals surface area contributed by atoms with Gasteiger partial charge < -0.3 is 14.4 Å². The Kier molecular flexibility index (Phi) is 8.46. The molecule has 0 atom stereocenters. The molecule has 2 fully saturated rings. The maximum absolute atomic E-state index is 12.7. The first-order valence-electron chi connectivity index (χ1n) is 13.6. The molecule has 1 saturated carbocycles. The van der Waals surface area contributed by atoms with Crippen molar-refractivity contribution in [1.29, 1.82) is 0 Å². The molecule has 2 aromatic carbocycles. The molecule has 1 aliphatic carbocycles. The van der Waals surface area contributed by atoms with Crippen molar-refractivity contribution in [2.45, 2.75) is 38.0 Å². The molecule has 0 unspecified atom stereocenters. The van der Waals surface area contributed by atoms with Crippen molar-refractivity contribution in [3.8, 4) is 5.75 Å². The zero-order valence-corrected chi connectivity index (χ0v) is 23.8. The van der Waals surface area contributed by atoms with Crippen LogP contribution in [-0.4, -0.2) is 81.9 Å². The van der Waals surface area contributed by atoms with E-state index in [-0.39, 0.29) is 31.7 Å². The third kappa shape index (κ3) is 5.94. The minimum atomic E-state index is -3.68. The van der Waals surface area contributed by atoms with E-state index in [2.05, 4.69) is 22.9 Å². The Morgan fingerprint density at radius 1 is 1.10 bits per heavy atom. The number of hydrogen-bond acceptors (Lipinski definition) is 6. The first-order chi connectivity index (χ1) is 18.8. The topological polar surface area (TPSA) is 101 Å². The van der Waals surface area contributed by atoms with Crippen molar-refractivity contribution >= 4 is 33.6 Å². The Morgan fingerprint density at radius 2 is 1.85 bits per heavy atom. The van der Waals surface area contributed by atoms with Crippen LogP contribution >= 0.6 is 11.6 Å². The predicted octanol–water partition coefficient (Wildman–Crippen LogP) is 3.79. The van der Waals surface area contributed by atoms with Gasteiger partial charge in [0.2, 0.25) is 0 Å². The Labute approximate surface area is 235 Å². The number of ether oxygens (including phenoxy) is 2. The number of rotatable bonds is 9. The molecule has 2 aliphatic heterocycles. The molecule has 0 radical (unpaired) electrons. The number of halogens is 1. The number of aliphatic imine (C=N–C) groups is 1. The summed E-state index contributed by atoms with van der Waals surface area (Å²) in [6, 6.07) is 14.2. The van der Waals surface area contributed by atoms with E-state index in [9.17, 15) is 13.2 Å². The maximum atomic E-state index is 12.7. The van der Waals surface area contributed by atoms with Gasteiger partial charge in [0.25, 0.3) is 10.2 Å². The highest BCUT2D eigenvalue weighted by Gasteiger charge is 2.45. The maximum Gasteiger partial charge on any atom is 0.409 e. The lowest BCUT2D eigenvalue weighted by atomic mass is 9.59. The van der Waals surface area contributed by atoms with Gasteiger partial charge in [0, 0.05) is 55.3 Å². The smallest absolute Gasteiger partial charge is 0.409 e. The van der Waals surface area contributed by atoms with Crippen LogP contribution in [0.2, 0.25) is 5.02 Å². The summed E-state index contributed by atoms with van der Waals surface area (Å²) in [6.07, 6.45) is 3.73. The number of benzene rings is 2. The second-order valence-corrected chi connectivity index (χ2v) is 12.3. The van der Waals surface area contributed by atoms with Crippen molar-refractivity contribution in [1.82, 2.24) is 13.9 Å². The quantitative estimate of drug-likeness (QED) is 0.459. The van der Waals surface area contributed by atoms with Crippen LogP contribution in [0.5, 0.6) is 5.75 Å². The van der Waals surface area contributed by atoms with Gasteiger partial charge in [-0.3, -0.25) is 4.99 Å². The molecule has 39 heavy (non-hydrogen) atoms. The number of nitrogens with zero attached hydrogens (tertiary/aromatic N) is 3. The van der Waals surface area contributed by atoms with Gasteiger partial charge >= 0.3 is 6.09 Å². The number of nitrogens with one attached hydrogen (secondary N) is 1. The van der Waals surface area contributed by atoms with Crippen LogP contribution < -0.4 is 9.46 Å². The number of carbonyl (C=O) groups is 1. The van der Waals surface area contributed by atoms with Crippen LogP contribution in [0, 0.1) is 0 Å². The summed E-state index contributed by atoms with van der Waals surface area (Å²) in [5.74, 6) is 0.691. The van der Waals surface area contributed by atoms with Crippen molar-refractivity contribution < 1.29 is 22.7 Å². The van der Waals surface area contributed by atoms with Crippen LogP contribution in [0.4, 0.5) is 4.79 Å². The molecule has 0 spiro atoms. The first kappa shape index (κ1) is 27.9. The van der Waals surface area contributed by atoms with Gasteiger partial charge in [0.1, 0.15) is 12.4 Å². The lowest BCUT2D eigenvalue weighted by Crippen LogP contribution is -2.53. The van der Waals surface area contributed by atoms with E-state index in [0.29, 0.717) is 25.4 Å². The first-order valence-corrected chi connectivity index (χ1v) is 15.4. The third-order valence-corrected chi connectivity index (χ3v) is 9.67. The van der Waals surface area contributed by atoms with E-state index >= 15 is 0 Å². The van der Waals surface area contributed by atoms with Gasteiger partial charge in [-0.2, -0.15) is 17.4 Å². The molecule has 0 bridgehead atoms. The van der Waals surface area contributed by atoms with E-state index in [1.807, 2.05) is 24.3 Å². The number of piperazine rings is 1. The average molecular weight is 575 g/mol. The molecule has 1 amide bonds. The molecule has 0 aromatic heterocycles. The monoisotopic (exact) mass is 574 g/mol. The molecular formula is C28H35ClN4O5S. The molecule has 9 nitrogen and oxygen atoms in total. The minimum absolute atomic E-state index is 0.106. The van der Waals surface area contributed by atoms with Crippen molar-refractivity contribution in [2.75, 3.05) is 52.5 Å². The molecule has 1 saturated heterocycles. The van der Waals surface area contributed by atoms with Gasteiger partial charge in [0.05, 0.1) is 12.3 Å². The normalized spacial score (nSPS) is 19.0. The van der Waals surface area contributed by atoms with Gasteiger partial charge in [0.15, 0.2) is 0 Å². The van der Waals surface area contributed by atoms with Crippen molar-refractivity contribution in [3.63, 3.8) is 0 Å². The number of carbonyl (C=O) groups excluding carboxylic acids is 1. The molecule has 3 aliphatic rings.